The predicted octanol–water partition coefficient (Wildman–Crippen LogP) is -2.93. The van der Waals surface area contributed by atoms with E-state index < -0.39 is 92.7 Å². The minimum absolute atomic E-state index is 0.0999. The van der Waals surface area contributed by atoms with Crippen molar-refractivity contribution in [1.82, 2.24) is 0 Å². The van der Waals surface area contributed by atoms with Crippen LogP contribution in [0.3, 0.4) is 0 Å². The van der Waals surface area contributed by atoms with Crippen LogP contribution in [0.4, 0.5) is 0 Å². The van der Waals surface area contributed by atoms with Crippen LogP contribution < -0.4 is 0 Å². The first-order valence-electron chi connectivity index (χ1n) is 13.1. The number of hydrogen-bond donors (Lipinski definition) is 7. The smallest absolute Gasteiger partial charge is 0.306 e. The lowest BCUT2D eigenvalue weighted by molar-refractivity contribution is -0.332. The average Bonchev–Trinajstić information content (AvgIpc) is 2.92. The van der Waals surface area contributed by atoms with E-state index in [1.807, 2.05) is 6.92 Å². The van der Waals surface area contributed by atoms with Crippen molar-refractivity contribution in [2.45, 2.75) is 113 Å². The van der Waals surface area contributed by atoms with Crippen LogP contribution in [-0.4, -0.2) is 142 Å². The van der Waals surface area contributed by atoms with Gasteiger partial charge in [0, 0.05) is 12.8 Å². The van der Waals surface area contributed by atoms with Gasteiger partial charge in [-0.1, -0.05) is 26.7 Å². The van der Waals surface area contributed by atoms with Gasteiger partial charge in [0.15, 0.2) is 18.7 Å². The van der Waals surface area contributed by atoms with E-state index in [2.05, 4.69) is 0 Å². The summed E-state index contributed by atoms with van der Waals surface area (Å²) in [5, 5.41) is 70.2. The third-order valence-electron chi connectivity index (χ3n) is 6.39. The highest BCUT2D eigenvalue weighted by atomic mass is 16.7. The van der Waals surface area contributed by atoms with Crippen molar-refractivity contribution in [2.24, 2.45) is 0 Å². The Balaban J connectivity index is 1.99. The van der Waals surface area contributed by atoms with E-state index in [9.17, 15) is 45.3 Å². The number of hydrogen-bond acceptors (Lipinski definition) is 15. The van der Waals surface area contributed by atoms with Crippen molar-refractivity contribution in [3.05, 3.63) is 0 Å². The first-order chi connectivity index (χ1) is 18.5. The van der Waals surface area contributed by atoms with Gasteiger partial charge in [0.25, 0.3) is 0 Å². The van der Waals surface area contributed by atoms with Gasteiger partial charge in [-0.2, -0.15) is 0 Å². The van der Waals surface area contributed by atoms with Crippen molar-refractivity contribution in [2.75, 3.05) is 26.4 Å². The van der Waals surface area contributed by atoms with Crippen molar-refractivity contribution < 1.29 is 73.8 Å². The molecule has 2 aliphatic rings. The third kappa shape index (κ3) is 9.82. The molecule has 11 atom stereocenters. The summed E-state index contributed by atoms with van der Waals surface area (Å²) >= 11 is 0. The summed E-state index contributed by atoms with van der Waals surface area (Å²) in [6.07, 6.45) is -14.2. The molecule has 0 aromatic carbocycles. The van der Waals surface area contributed by atoms with Gasteiger partial charge in [-0.05, 0) is 6.42 Å². The Kier molecular flexibility index (Phi) is 14.4. The number of unbranched alkanes of at least 4 members (excludes halogenated alkanes) is 2. The lowest BCUT2D eigenvalue weighted by Gasteiger charge is -2.42. The van der Waals surface area contributed by atoms with Crippen LogP contribution in [0.2, 0.25) is 0 Å². The molecular weight excluding hydrogens is 528 g/mol. The number of carbonyl (C=O) groups excluding carboxylic acids is 2. The van der Waals surface area contributed by atoms with Gasteiger partial charge in [-0.25, -0.2) is 0 Å². The van der Waals surface area contributed by atoms with Gasteiger partial charge in [-0.3, -0.25) is 9.59 Å². The van der Waals surface area contributed by atoms with E-state index in [1.54, 1.807) is 6.92 Å². The van der Waals surface area contributed by atoms with Gasteiger partial charge in [-0.15, -0.1) is 0 Å². The Hall–Kier alpha value is -1.50. The van der Waals surface area contributed by atoms with Crippen LogP contribution in [0.25, 0.3) is 0 Å². The molecule has 2 fully saturated rings. The summed E-state index contributed by atoms with van der Waals surface area (Å²) in [4.78, 5) is 23.8. The molecule has 0 aromatic heterocycles. The molecule has 39 heavy (non-hydrogen) atoms. The Bertz CT molecular complexity index is 736. The second-order valence-electron chi connectivity index (χ2n) is 9.48. The van der Waals surface area contributed by atoms with E-state index in [-0.39, 0.29) is 26.1 Å². The number of esters is 2. The standard InChI is InChI=1S/C24H42O15/c1-3-5-6-7-16(27)37-12(9-34-15(26)4-2)10-35-23-22(33)20(31)18(29)14(39-23)11-36-24-21(32)19(30)17(28)13(8-25)38-24/h12-14,17-25,28-33H,3-11H2,1-2H3/t12-,13-,14-,17+,18+,19+,20+,21-,22-,23-,24+/m1/s1. The lowest BCUT2D eigenvalue weighted by atomic mass is 9.98. The minimum Gasteiger partial charge on any atom is -0.462 e. The maximum atomic E-state index is 12.2. The monoisotopic (exact) mass is 570 g/mol. The van der Waals surface area contributed by atoms with Crippen LogP contribution in [0.15, 0.2) is 0 Å². The molecule has 15 nitrogen and oxygen atoms in total. The molecule has 0 spiro atoms. The molecule has 0 aromatic rings. The fraction of sp³-hybridized carbons (Fsp3) is 0.917. The zero-order chi connectivity index (χ0) is 29.1. The molecule has 2 heterocycles. The maximum absolute atomic E-state index is 12.2. The van der Waals surface area contributed by atoms with Crippen molar-refractivity contribution in [3.63, 3.8) is 0 Å². The van der Waals surface area contributed by atoms with E-state index in [0.29, 0.717) is 6.42 Å². The summed E-state index contributed by atoms with van der Waals surface area (Å²) in [7, 11) is 0. The fourth-order valence-electron chi connectivity index (χ4n) is 3.96. The number of rotatable bonds is 15. The van der Waals surface area contributed by atoms with E-state index in [0.717, 1.165) is 12.8 Å². The number of aliphatic hydroxyl groups is 7. The van der Waals surface area contributed by atoms with Gasteiger partial charge >= 0.3 is 11.9 Å². The first kappa shape index (κ1) is 33.7. The number of carbonyl (C=O) groups is 2. The SMILES string of the molecule is CCCCCC(=O)O[C@H](COC(=O)CC)CO[C@@H]1O[C@H](CO[C@H]2O[C@H](CO)[C@H](O)[C@H](O)[C@H]2O)[C@H](O)[C@H](O)[C@H]1O. The van der Waals surface area contributed by atoms with Crippen molar-refractivity contribution in [3.8, 4) is 0 Å². The summed E-state index contributed by atoms with van der Waals surface area (Å²) in [5.41, 5.74) is 0. The van der Waals surface area contributed by atoms with Crippen LogP contribution in [0.1, 0.15) is 46.0 Å². The van der Waals surface area contributed by atoms with E-state index in [1.165, 1.54) is 0 Å². The fourth-order valence-corrected chi connectivity index (χ4v) is 3.96. The summed E-state index contributed by atoms with van der Waals surface area (Å²) in [6.45, 7) is 1.67. The van der Waals surface area contributed by atoms with Gasteiger partial charge < -0.3 is 64.2 Å². The van der Waals surface area contributed by atoms with Gasteiger partial charge in [0.05, 0.1) is 19.8 Å². The quantitative estimate of drug-likeness (QED) is 0.0772. The summed E-state index contributed by atoms with van der Waals surface area (Å²) < 4.78 is 32.1. The van der Waals surface area contributed by atoms with E-state index >= 15 is 0 Å². The minimum atomic E-state index is -1.75. The maximum Gasteiger partial charge on any atom is 0.306 e. The molecule has 0 radical (unpaired) electrons. The molecule has 2 aliphatic heterocycles. The molecule has 228 valence electrons. The Morgan fingerprint density at radius 2 is 1.33 bits per heavy atom. The molecular formula is C24H42O15. The Labute approximate surface area is 226 Å². The second-order valence-corrected chi connectivity index (χ2v) is 9.48. The van der Waals surface area contributed by atoms with Crippen LogP contribution in [-0.2, 0) is 38.0 Å². The summed E-state index contributed by atoms with van der Waals surface area (Å²) in [6, 6.07) is 0. The highest BCUT2D eigenvalue weighted by Crippen LogP contribution is 2.26. The third-order valence-corrected chi connectivity index (χ3v) is 6.39. The van der Waals surface area contributed by atoms with Gasteiger partial charge in [0.1, 0.15) is 55.4 Å². The molecule has 0 amide bonds. The Morgan fingerprint density at radius 1 is 0.744 bits per heavy atom. The topological polar surface area (TPSA) is 231 Å². The highest BCUT2D eigenvalue weighted by Gasteiger charge is 2.47. The molecule has 0 unspecified atom stereocenters. The van der Waals surface area contributed by atoms with Crippen LogP contribution in [0.5, 0.6) is 0 Å². The molecule has 2 rings (SSSR count). The van der Waals surface area contributed by atoms with Crippen LogP contribution >= 0.6 is 0 Å². The largest absolute Gasteiger partial charge is 0.462 e. The highest BCUT2D eigenvalue weighted by molar-refractivity contribution is 5.70. The molecule has 2 saturated heterocycles. The van der Waals surface area contributed by atoms with E-state index in [4.69, 9.17) is 28.4 Å². The first-order valence-corrected chi connectivity index (χ1v) is 13.1. The molecule has 7 N–H and O–H groups in total. The lowest BCUT2D eigenvalue weighted by Crippen LogP contribution is -2.61. The second kappa shape index (κ2) is 16.7. The normalized spacial score (nSPS) is 35.8. The zero-order valence-corrected chi connectivity index (χ0v) is 22.1. The van der Waals surface area contributed by atoms with Crippen LogP contribution in [0, 0.1) is 0 Å². The van der Waals surface area contributed by atoms with Crippen molar-refractivity contribution in [1.29, 1.82) is 0 Å². The van der Waals surface area contributed by atoms with Crippen molar-refractivity contribution >= 4 is 11.9 Å². The average molecular weight is 571 g/mol. The van der Waals surface area contributed by atoms with Gasteiger partial charge in [0.2, 0.25) is 0 Å². The zero-order valence-electron chi connectivity index (χ0n) is 22.1. The molecule has 15 heteroatoms. The number of ether oxygens (including phenoxy) is 6. The summed E-state index contributed by atoms with van der Waals surface area (Å²) in [5.74, 6) is -1.06. The molecule has 0 saturated carbocycles. The molecule has 0 bridgehead atoms. The Morgan fingerprint density at radius 3 is 1.92 bits per heavy atom. The predicted molar refractivity (Wildman–Crippen MR) is 128 cm³/mol. The molecule has 0 aliphatic carbocycles. The number of aliphatic hydroxyl groups excluding tert-OH is 7.